The zero-order valence-corrected chi connectivity index (χ0v) is 14.1. The molecule has 0 bridgehead atoms. The minimum atomic E-state index is -0.493. The molecule has 122 valence electrons. The van der Waals surface area contributed by atoms with Crippen molar-refractivity contribution in [1.29, 1.82) is 0 Å². The fourth-order valence-electron chi connectivity index (χ4n) is 2.40. The van der Waals surface area contributed by atoms with E-state index >= 15 is 0 Å². The van der Waals surface area contributed by atoms with E-state index in [-0.39, 0.29) is 22.5 Å². The van der Waals surface area contributed by atoms with Gasteiger partial charge in [-0.3, -0.25) is 4.79 Å². The van der Waals surface area contributed by atoms with Crippen molar-refractivity contribution in [1.82, 2.24) is 10.6 Å². The third kappa shape index (κ3) is 4.68. The highest BCUT2D eigenvalue weighted by Gasteiger charge is 2.31. The molecular weight excluding hydrogens is 303 g/mol. The molecule has 22 heavy (non-hydrogen) atoms. The molecule has 0 heterocycles. The first-order valence-corrected chi connectivity index (χ1v) is 8.17. The van der Waals surface area contributed by atoms with Gasteiger partial charge < -0.3 is 10.6 Å². The molecule has 1 aromatic rings. The SMILES string of the molecule is CCC(C)(C)CNC1CC(NC(=O)c2cc(F)cc(Cl)c2)C1. The van der Waals surface area contributed by atoms with Gasteiger partial charge in [0.1, 0.15) is 5.82 Å². The standard InChI is InChI=1S/C17H24ClFN2O/c1-4-17(2,3)10-20-14-8-15(9-14)21-16(22)11-5-12(18)7-13(19)6-11/h5-7,14-15,20H,4,8-10H2,1-3H3,(H,21,22). The Balaban J connectivity index is 1.76. The molecule has 1 aliphatic carbocycles. The van der Waals surface area contributed by atoms with Crippen LogP contribution in [0.5, 0.6) is 0 Å². The number of hydrogen-bond acceptors (Lipinski definition) is 2. The van der Waals surface area contributed by atoms with Gasteiger partial charge in [-0.25, -0.2) is 4.39 Å². The zero-order chi connectivity index (χ0) is 16.3. The van der Waals surface area contributed by atoms with E-state index in [1.165, 1.54) is 18.2 Å². The van der Waals surface area contributed by atoms with Gasteiger partial charge in [-0.05, 0) is 42.9 Å². The monoisotopic (exact) mass is 326 g/mol. The molecule has 0 spiro atoms. The molecule has 2 N–H and O–H groups in total. The van der Waals surface area contributed by atoms with E-state index in [1.807, 2.05) is 0 Å². The Labute approximate surface area is 136 Å². The number of carbonyl (C=O) groups excluding carboxylic acids is 1. The molecule has 5 heteroatoms. The van der Waals surface area contributed by atoms with Gasteiger partial charge >= 0.3 is 0 Å². The average Bonchev–Trinajstić information content (AvgIpc) is 2.39. The number of carbonyl (C=O) groups is 1. The first-order chi connectivity index (χ1) is 10.3. The normalized spacial score (nSPS) is 21.3. The maximum atomic E-state index is 13.3. The van der Waals surface area contributed by atoms with Crippen LogP contribution in [-0.4, -0.2) is 24.5 Å². The van der Waals surface area contributed by atoms with Crippen LogP contribution in [-0.2, 0) is 0 Å². The van der Waals surface area contributed by atoms with Crippen LogP contribution in [0.25, 0.3) is 0 Å². The second-order valence-corrected chi connectivity index (χ2v) is 7.33. The molecule has 1 fully saturated rings. The van der Waals surface area contributed by atoms with Crippen LogP contribution in [0.4, 0.5) is 4.39 Å². The first kappa shape index (κ1) is 17.2. The minimum absolute atomic E-state index is 0.150. The van der Waals surface area contributed by atoms with E-state index in [2.05, 4.69) is 31.4 Å². The summed E-state index contributed by atoms with van der Waals surface area (Å²) >= 11 is 5.77. The molecule has 1 saturated carbocycles. The summed E-state index contributed by atoms with van der Waals surface area (Å²) in [5.74, 6) is -0.758. The Morgan fingerprint density at radius 2 is 2.00 bits per heavy atom. The van der Waals surface area contributed by atoms with Gasteiger partial charge in [0.25, 0.3) is 5.91 Å². The molecule has 1 aromatic carbocycles. The summed E-state index contributed by atoms with van der Waals surface area (Å²) in [6.45, 7) is 7.65. The van der Waals surface area contributed by atoms with Crippen LogP contribution < -0.4 is 10.6 Å². The number of amides is 1. The summed E-state index contributed by atoms with van der Waals surface area (Å²) in [4.78, 5) is 12.1. The summed E-state index contributed by atoms with van der Waals surface area (Å²) < 4.78 is 13.3. The maximum absolute atomic E-state index is 13.3. The molecule has 0 unspecified atom stereocenters. The third-order valence-electron chi connectivity index (χ3n) is 4.42. The van der Waals surface area contributed by atoms with Gasteiger partial charge in [-0.1, -0.05) is 32.4 Å². The van der Waals surface area contributed by atoms with E-state index in [4.69, 9.17) is 11.6 Å². The van der Waals surface area contributed by atoms with E-state index in [1.54, 1.807) is 0 Å². The van der Waals surface area contributed by atoms with Gasteiger partial charge in [0, 0.05) is 29.2 Å². The number of halogens is 2. The quantitative estimate of drug-likeness (QED) is 0.835. The molecule has 2 rings (SSSR count). The Morgan fingerprint density at radius 1 is 1.32 bits per heavy atom. The third-order valence-corrected chi connectivity index (χ3v) is 4.64. The smallest absolute Gasteiger partial charge is 0.251 e. The van der Waals surface area contributed by atoms with Gasteiger partial charge in [0.15, 0.2) is 0 Å². The van der Waals surface area contributed by atoms with Crippen molar-refractivity contribution in [2.75, 3.05) is 6.54 Å². The van der Waals surface area contributed by atoms with Crippen molar-refractivity contribution < 1.29 is 9.18 Å². The summed E-state index contributed by atoms with van der Waals surface area (Å²) in [7, 11) is 0. The van der Waals surface area contributed by atoms with Gasteiger partial charge in [-0.2, -0.15) is 0 Å². The molecule has 3 nitrogen and oxygen atoms in total. The predicted octanol–water partition coefficient (Wildman–Crippen LogP) is 3.77. The number of rotatable bonds is 6. The molecule has 0 aromatic heterocycles. The molecule has 0 atom stereocenters. The van der Waals surface area contributed by atoms with Gasteiger partial charge in [0.05, 0.1) is 0 Å². The highest BCUT2D eigenvalue weighted by molar-refractivity contribution is 6.31. The topological polar surface area (TPSA) is 41.1 Å². The van der Waals surface area contributed by atoms with Crippen molar-refractivity contribution >= 4 is 17.5 Å². The average molecular weight is 327 g/mol. The summed E-state index contributed by atoms with van der Waals surface area (Å²) in [6, 6.07) is 4.48. The predicted molar refractivity (Wildman–Crippen MR) is 87.8 cm³/mol. The van der Waals surface area contributed by atoms with Crippen LogP contribution in [0, 0.1) is 11.2 Å². The van der Waals surface area contributed by atoms with E-state index < -0.39 is 5.82 Å². The number of benzene rings is 1. The lowest BCUT2D eigenvalue weighted by atomic mass is 9.84. The maximum Gasteiger partial charge on any atom is 0.251 e. The Hall–Kier alpha value is -1.13. The fraction of sp³-hybridized carbons (Fsp3) is 0.588. The van der Waals surface area contributed by atoms with E-state index in [0.717, 1.165) is 25.8 Å². The van der Waals surface area contributed by atoms with Crippen LogP contribution in [0.1, 0.15) is 50.4 Å². The lowest BCUT2D eigenvalue weighted by molar-refractivity contribution is 0.0898. The Bertz CT molecular complexity index is 521. The summed E-state index contributed by atoms with van der Waals surface area (Å²) in [6.07, 6.45) is 2.95. The lowest BCUT2D eigenvalue weighted by Crippen LogP contribution is -2.53. The molecule has 1 aliphatic rings. The molecular formula is C17H24ClFN2O. The van der Waals surface area contributed by atoms with Crippen molar-refractivity contribution in [2.24, 2.45) is 5.41 Å². The number of nitrogens with one attached hydrogen (secondary N) is 2. The molecule has 0 saturated heterocycles. The zero-order valence-electron chi connectivity index (χ0n) is 13.4. The summed E-state index contributed by atoms with van der Waals surface area (Å²) in [5, 5.41) is 6.70. The molecule has 0 aliphatic heterocycles. The Morgan fingerprint density at radius 3 is 2.59 bits per heavy atom. The van der Waals surface area contributed by atoms with Crippen molar-refractivity contribution in [2.45, 2.75) is 52.1 Å². The first-order valence-electron chi connectivity index (χ1n) is 7.79. The second-order valence-electron chi connectivity index (χ2n) is 6.90. The van der Waals surface area contributed by atoms with Crippen LogP contribution in [0.15, 0.2) is 18.2 Å². The van der Waals surface area contributed by atoms with E-state index in [0.29, 0.717) is 11.5 Å². The van der Waals surface area contributed by atoms with Gasteiger partial charge in [-0.15, -0.1) is 0 Å². The Kier molecular flexibility index (Phi) is 5.45. The summed E-state index contributed by atoms with van der Waals surface area (Å²) in [5.41, 5.74) is 0.570. The number of hydrogen-bond donors (Lipinski definition) is 2. The van der Waals surface area contributed by atoms with Crippen molar-refractivity contribution in [3.05, 3.63) is 34.6 Å². The lowest BCUT2D eigenvalue weighted by Gasteiger charge is -2.38. The van der Waals surface area contributed by atoms with Crippen LogP contribution in [0.3, 0.4) is 0 Å². The van der Waals surface area contributed by atoms with Crippen molar-refractivity contribution in [3.8, 4) is 0 Å². The minimum Gasteiger partial charge on any atom is -0.349 e. The van der Waals surface area contributed by atoms with Crippen LogP contribution in [0.2, 0.25) is 5.02 Å². The van der Waals surface area contributed by atoms with Crippen LogP contribution >= 0.6 is 11.6 Å². The largest absolute Gasteiger partial charge is 0.349 e. The highest BCUT2D eigenvalue weighted by atomic mass is 35.5. The van der Waals surface area contributed by atoms with Gasteiger partial charge in [0.2, 0.25) is 0 Å². The second kappa shape index (κ2) is 6.97. The molecule has 0 radical (unpaired) electrons. The molecule has 1 amide bonds. The van der Waals surface area contributed by atoms with Crippen molar-refractivity contribution in [3.63, 3.8) is 0 Å². The highest BCUT2D eigenvalue weighted by Crippen LogP contribution is 2.24. The van der Waals surface area contributed by atoms with E-state index in [9.17, 15) is 9.18 Å². The fourth-order valence-corrected chi connectivity index (χ4v) is 2.62.